The minimum atomic E-state index is -1.82. The van der Waals surface area contributed by atoms with Crippen molar-refractivity contribution in [3.63, 3.8) is 0 Å². The molecule has 0 bridgehead atoms. The summed E-state index contributed by atoms with van der Waals surface area (Å²) in [6.45, 7) is 5.07. The first kappa shape index (κ1) is 17.2. The second kappa shape index (κ2) is 8.41. The number of carbonyl (C=O) groups is 2. The Morgan fingerprint density at radius 3 is 1.95 bits per heavy atom. The standard InChI is InChI=1S/C14H16N2.C2H2O4/c1-11-7-12(2)9-14(8-11)16-10-13-3-5-15-6-4-13;3-1(4)2(5)6/h3-9,16H,10H2,1-2H3;(H,3,4)(H,5,6). The lowest BCUT2D eigenvalue weighted by Crippen LogP contribution is -2.09. The van der Waals surface area contributed by atoms with Crippen LogP contribution in [0.15, 0.2) is 42.7 Å². The zero-order valence-electron chi connectivity index (χ0n) is 12.4. The Labute approximate surface area is 128 Å². The number of carboxylic acids is 2. The van der Waals surface area contributed by atoms with Gasteiger partial charge in [-0.25, -0.2) is 9.59 Å². The van der Waals surface area contributed by atoms with Crippen molar-refractivity contribution in [3.8, 4) is 0 Å². The average molecular weight is 302 g/mol. The summed E-state index contributed by atoms with van der Waals surface area (Å²) in [5, 5.41) is 18.2. The van der Waals surface area contributed by atoms with Crippen LogP contribution in [0.2, 0.25) is 0 Å². The van der Waals surface area contributed by atoms with E-state index in [4.69, 9.17) is 19.8 Å². The molecule has 22 heavy (non-hydrogen) atoms. The third-order valence-corrected chi connectivity index (χ3v) is 2.65. The van der Waals surface area contributed by atoms with E-state index in [2.05, 4.69) is 42.3 Å². The van der Waals surface area contributed by atoms with Crippen molar-refractivity contribution in [1.29, 1.82) is 0 Å². The molecule has 0 unspecified atom stereocenters. The molecule has 0 fully saturated rings. The lowest BCUT2D eigenvalue weighted by molar-refractivity contribution is -0.159. The van der Waals surface area contributed by atoms with Gasteiger partial charge in [0.05, 0.1) is 0 Å². The Hall–Kier alpha value is -2.89. The zero-order valence-corrected chi connectivity index (χ0v) is 12.4. The minimum Gasteiger partial charge on any atom is -0.473 e. The molecule has 1 heterocycles. The lowest BCUT2D eigenvalue weighted by Gasteiger charge is -2.08. The molecule has 0 saturated heterocycles. The van der Waals surface area contributed by atoms with E-state index < -0.39 is 11.9 Å². The van der Waals surface area contributed by atoms with E-state index in [9.17, 15) is 0 Å². The molecule has 2 aromatic rings. The minimum absolute atomic E-state index is 0.839. The molecule has 1 aromatic carbocycles. The lowest BCUT2D eigenvalue weighted by atomic mass is 10.1. The van der Waals surface area contributed by atoms with Gasteiger partial charge in [0.25, 0.3) is 0 Å². The highest BCUT2D eigenvalue weighted by molar-refractivity contribution is 6.27. The van der Waals surface area contributed by atoms with Crippen LogP contribution in [0.3, 0.4) is 0 Å². The van der Waals surface area contributed by atoms with Gasteiger partial charge >= 0.3 is 11.9 Å². The van der Waals surface area contributed by atoms with Crippen LogP contribution in [-0.2, 0) is 16.1 Å². The maximum Gasteiger partial charge on any atom is 0.414 e. The van der Waals surface area contributed by atoms with Crippen molar-refractivity contribution in [2.24, 2.45) is 0 Å². The van der Waals surface area contributed by atoms with Crippen LogP contribution in [-0.4, -0.2) is 27.1 Å². The van der Waals surface area contributed by atoms with Crippen molar-refractivity contribution in [3.05, 3.63) is 59.4 Å². The Balaban J connectivity index is 0.000000346. The maximum atomic E-state index is 9.10. The van der Waals surface area contributed by atoms with E-state index in [0.29, 0.717) is 0 Å². The number of benzene rings is 1. The van der Waals surface area contributed by atoms with Crippen molar-refractivity contribution < 1.29 is 19.8 Å². The highest BCUT2D eigenvalue weighted by atomic mass is 16.4. The van der Waals surface area contributed by atoms with E-state index >= 15 is 0 Å². The molecule has 0 atom stereocenters. The molecule has 0 aliphatic rings. The fourth-order valence-corrected chi connectivity index (χ4v) is 1.78. The summed E-state index contributed by atoms with van der Waals surface area (Å²) < 4.78 is 0. The monoisotopic (exact) mass is 302 g/mol. The smallest absolute Gasteiger partial charge is 0.414 e. The van der Waals surface area contributed by atoms with Crippen LogP contribution >= 0.6 is 0 Å². The van der Waals surface area contributed by atoms with Gasteiger partial charge < -0.3 is 15.5 Å². The van der Waals surface area contributed by atoms with Gasteiger partial charge in [-0.15, -0.1) is 0 Å². The number of pyridine rings is 1. The molecule has 6 nitrogen and oxygen atoms in total. The Morgan fingerprint density at radius 2 is 1.50 bits per heavy atom. The van der Waals surface area contributed by atoms with Crippen molar-refractivity contribution in [1.82, 2.24) is 4.98 Å². The summed E-state index contributed by atoms with van der Waals surface area (Å²) in [7, 11) is 0. The SMILES string of the molecule is Cc1cc(C)cc(NCc2ccncc2)c1.O=C(O)C(=O)O. The molecule has 0 aliphatic carbocycles. The number of hydrogen-bond donors (Lipinski definition) is 3. The second-order valence-corrected chi connectivity index (χ2v) is 4.70. The molecule has 0 saturated carbocycles. The van der Waals surface area contributed by atoms with E-state index in [1.165, 1.54) is 22.4 Å². The second-order valence-electron chi connectivity index (χ2n) is 4.70. The van der Waals surface area contributed by atoms with Crippen molar-refractivity contribution >= 4 is 17.6 Å². The molecule has 0 amide bonds. The Bertz CT molecular complexity index is 610. The van der Waals surface area contributed by atoms with Crippen LogP contribution in [0, 0.1) is 13.8 Å². The van der Waals surface area contributed by atoms with E-state index in [0.717, 1.165) is 6.54 Å². The molecule has 0 radical (unpaired) electrons. The summed E-state index contributed by atoms with van der Waals surface area (Å²) >= 11 is 0. The van der Waals surface area contributed by atoms with Crippen LogP contribution in [0.1, 0.15) is 16.7 Å². The molecule has 116 valence electrons. The predicted molar refractivity (Wildman–Crippen MR) is 82.8 cm³/mol. The summed E-state index contributed by atoms with van der Waals surface area (Å²) in [6.07, 6.45) is 3.64. The van der Waals surface area contributed by atoms with E-state index in [1.807, 2.05) is 24.5 Å². The Morgan fingerprint density at radius 1 is 1.00 bits per heavy atom. The third kappa shape index (κ3) is 6.51. The number of rotatable bonds is 3. The third-order valence-electron chi connectivity index (χ3n) is 2.65. The number of anilines is 1. The molecule has 6 heteroatoms. The van der Waals surface area contributed by atoms with Crippen LogP contribution in [0.25, 0.3) is 0 Å². The van der Waals surface area contributed by atoms with Crippen LogP contribution < -0.4 is 5.32 Å². The summed E-state index contributed by atoms with van der Waals surface area (Å²) in [4.78, 5) is 22.2. The fraction of sp³-hybridized carbons (Fsp3) is 0.188. The number of hydrogen-bond acceptors (Lipinski definition) is 4. The van der Waals surface area contributed by atoms with Gasteiger partial charge in [0.15, 0.2) is 0 Å². The topological polar surface area (TPSA) is 99.5 Å². The molecular formula is C16H18N2O4. The summed E-state index contributed by atoms with van der Waals surface area (Å²) in [5.41, 5.74) is 5.00. The average Bonchev–Trinajstić information content (AvgIpc) is 2.46. The largest absolute Gasteiger partial charge is 0.473 e. The molecule has 0 aliphatic heterocycles. The highest BCUT2D eigenvalue weighted by Gasteiger charge is 2.04. The van der Waals surface area contributed by atoms with Gasteiger partial charge in [0.1, 0.15) is 0 Å². The van der Waals surface area contributed by atoms with Gasteiger partial charge in [0.2, 0.25) is 0 Å². The molecule has 1 aromatic heterocycles. The van der Waals surface area contributed by atoms with Crippen LogP contribution in [0.5, 0.6) is 0 Å². The first-order chi connectivity index (χ1) is 10.4. The van der Waals surface area contributed by atoms with Gasteiger partial charge in [-0.3, -0.25) is 4.98 Å². The fourth-order valence-electron chi connectivity index (χ4n) is 1.78. The van der Waals surface area contributed by atoms with E-state index in [-0.39, 0.29) is 0 Å². The Kier molecular flexibility index (Phi) is 6.56. The zero-order chi connectivity index (χ0) is 16.5. The van der Waals surface area contributed by atoms with Gasteiger partial charge in [0, 0.05) is 24.6 Å². The first-order valence-electron chi connectivity index (χ1n) is 6.56. The number of nitrogens with zero attached hydrogens (tertiary/aromatic N) is 1. The summed E-state index contributed by atoms with van der Waals surface area (Å²) in [6, 6.07) is 10.5. The molecule has 2 rings (SSSR count). The van der Waals surface area contributed by atoms with Crippen LogP contribution in [0.4, 0.5) is 5.69 Å². The maximum absolute atomic E-state index is 9.10. The van der Waals surface area contributed by atoms with Crippen molar-refractivity contribution in [2.75, 3.05) is 5.32 Å². The van der Waals surface area contributed by atoms with Gasteiger partial charge in [-0.05, 0) is 54.8 Å². The number of aromatic nitrogens is 1. The van der Waals surface area contributed by atoms with Gasteiger partial charge in [-0.2, -0.15) is 0 Å². The number of carboxylic acid groups (broad SMARTS) is 2. The predicted octanol–water partition coefficient (Wildman–Crippen LogP) is 2.47. The number of aryl methyl sites for hydroxylation is 2. The molecular weight excluding hydrogens is 284 g/mol. The van der Waals surface area contributed by atoms with E-state index in [1.54, 1.807) is 0 Å². The number of aliphatic carboxylic acids is 2. The summed E-state index contributed by atoms with van der Waals surface area (Å²) in [5.74, 6) is -3.65. The first-order valence-corrected chi connectivity index (χ1v) is 6.56. The normalized spacial score (nSPS) is 9.36. The molecule has 3 N–H and O–H groups in total. The molecule has 0 spiro atoms. The van der Waals surface area contributed by atoms with Crippen molar-refractivity contribution in [2.45, 2.75) is 20.4 Å². The highest BCUT2D eigenvalue weighted by Crippen LogP contribution is 2.14. The number of nitrogens with one attached hydrogen (secondary N) is 1. The quantitative estimate of drug-likeness (QED) is 0.753. The van der Waals surface area contributed by atoms with Gasteiger partial charge in [-0.1, -0.05) is 6.07 Å².